The van der Waals surface area contributed by atoms with Crippen LogP contribution in [0.4, 0.5) is 4.79 Å². The Morgan fingerprint density at radius 2 is 1.53 bits per heavy atom. The van der Waals surface area contributed by atoms with Crippen LogP contribution in [-0.2, 0) is 30.4 Å². The van der Waals surface area contributed by atoms with Gasteiger partial charge in [0.15, 0.2) is 0 Å². The molecule has 0 aliphatic heterocycles. The Bertz CT molecular complexity index is 722. The molecule has 2 N–H and O–H groups in total. The fourth-order valence-corrected chi connectivity index (χ4v) is 2.70. The monoisotopic (exact) mass is 450 g/mol. The van der Waals surface area contributed by atoms with Crippen molar-refractivity contribution in [3.05, 3.63) is 35.9 Å². The van der Waals surface area contributed by atoms with Crippen LogP contribution in [0.2, 0.25) is 0 Å². The Hall–Kier alpha value is -2.61. The van der Waals surface area contributed by atoms with E-state index in [9.17, 15) is 14.4 Å². The lowest BCUT2D eigenvalue weighted by molar-refractivity contribution is -0.158. The summed E-state index contributed by atoms with van der Waals surface area (Å²) in [4.78, 5) is 36.3. The molecule has 0 saturated carbocycles. The van der Waals surface area contributed by atoms with Crippen molar-refractivity contribution in [1.29, 1.82) is 0 Å². The number of alkyl carbamates (subject to hydrolysis) is 1. The van der Waals surface area contributed by atoms with Gasteiger partial charge in [-0.15, -0.1) is 0 Å². The summed E-state index contributed by atoms with van der Waals surface area (Å²) < 4.78 is 15.9. The molecule has 0 radical (unpaired) electrons. The lowest BCUT2D eigenvalue weighted by Crippen LogP contribution is -2.44. The van der Waals surface area contributed by atoms with Gasteiger partial charge in [0.05, 0.1) is 6.54 Å². The molecule has 180 valence electrons. The quantitative estimate of drug-likeness (QED) is 0.301. The molecule has 0 fully saturated rings. The van der Waals surface area contributed by atoms with E-state index in [1.807, 2.05) is 30.3 Å². The van der Waals surface area contributed by atoms with Gasteiger partial charge in [-0.2, -0.15) is 0 Å². The van der Waals surface area contributed by atoms with Crippen molar-refractivity contribution in [3.8, 4) is 0 Å². The molecule has 32 heavy (non-hydrogen) atoms. The Kier molecular flexibility index (Phi) is 11.2. The molecule has 1 aromatic carbocycles. The third kappa shape index (κ3) is 13.6. The van der Waals surface area contributed by atoms with E-state index in [4.69, 9.17) is 14.2 Å². The summed E-state index contributed by atoms with van der Waals surface area (Å²) in [6.07, 6.45) is 1.26. The van der Waals surface area contributed by atoms with E-state index in [0.717, 1.165) is 5.56 Å². The van der Waals surface area contributed by atoms with Gasteiger partial charge in [0.2, 0.25) is 0 Å². The van der Waals surface area contributed by atoms with Crippen molar-refractivity contribution in [2.45, 2.75) is 84.7 Å². The van der Waals surface area contributed by atoms with Crippen molar-refractivity contribution in [3.63, 3.8) is 0 Å². The molecule has 0 saturated heterocycles. The van der Waals surface area contributed by atoms with Crippen LogP contribution >= 0.6 is 0 Å². The highest BCUT2D eigenvalue weighted by Gasteiger charge is 2.26. The highest BCUT2D eigenvalue weighted by atomic mass is 16.6. The number of hydrogen-bond donors (Lipinski definition) is 2. The second kappa shape index (κ2) is 13.1. The number of ether oxygens (including phenoxy) is 3. The number of carbonyl (C=O) groups excluding carboxylic acids is 3. The smallest absolute Gasteiger partial charge is 0.407 e. The molecule has 0 spiro atoms. The summed E-state index contributed by atoms with van der Waals surface area (Å²) in [7, 11) is 0. The molecule has 1 amide bonds. The van der Waals surface area contributed by atoms with Gasteiger partial charge in [-0.3, -0.25) is 14.9 Å². The molecule has 0 aliphatic carbocycles. The van der Waals surface area contributed by atoms with Crippen LogP contribution in [0.25, 0.3) is 0 Å². The van der Waals surface area contributed by atoms with E-state index >= 15 is 0 Å². The molecule has 0 aliphatic rings. The summed E-state index contributed by atoms with van der Waals surface area (Å²) in [6.45, 7) is 11.3. The third-order valence-corrected chi connectivity index (χ3v) is 4.01. The molecule has 0 unspecified atom stereocenters. The molecule has 8 nitrogen and oxygen atoms in total. The van der Waals surface area contributed by atoms with Crippen LogP contribution in [0.15, 0.2) is 30.3 Å². The number of rotatable bonds is 11. The molecule has 0 heterocycles. The number of hydrogen-bond acceptors (Lipinski definition) is 7. The molecular weight excluding hydrogens is 412 g/mol. The van der Waals surface area contributed by atoms with Gasteiger partial charge in [-0.1, -0.05) is 30.3 Å². The van der Waals surface area contributed by atoms with Crippen molar-refractivity contribution in [1.82, 2.24) is 10.6 Å². The van der Waals surface area contributed by atoms with E-state index in [1.54, 1.807) is 41.5 Å². The van der Waals surface area contributed by atoms with Gasteiger partial charge < -0.3 is 19.5 Å². The minimum atomic E-state index is -0.647. The van der Waals surface area contributed by atoms with E-state index in [0.29, 0.717) is 25.8 Å². The van der Waals surface area contributed by atoms with E-state index in [2.05, 4.69) is 10.6 Å². The van der Waals surface area contributed by atoms with Gasteiger partial charge in [-0.05, 0) is 66.4 Å². The minimum Gasteiger partial charge on any atom is -0.459 e. The number of esters is 2. The van der Waals surface area contributed by atoms with Gasteiger partial charge in [0.1, 0.15) is 23.9 Å². The first-order valence-electron chi connectivity index (χ1n) is 11.0. The number of amides is 1. The van der Waals surface area contributed by atoms with Gasteiger partial charge in [-0.25, -0.2) is 4.79 Å². The summed E-state index contributed by atoms with van der Waals surface area (Å²) in [6, 6.07) is 8.79. The van der Waals surface area contributed by atoms with Crippen LogP contribution < -0.4 is 10.6 Å². The highest BCUT2D eigenvalue weighted by Crippen LogP contribution is 2.12. The van der Waals surface area contributed by atoms with Crippen LogP contribution in [0.5, 0.6) is 0 Å². The second-order valence-electron chi connectivity index (χ2n) is 9.54. The molecule has 8 heteroatoms. The summed E-state index contributed by atoms with van der Waals surface area (Å²) in [5, 5.41) is 5.64. The van der Waals surface area contributed by atoms with Crippen molar-refractivity contribution in [2.24, 2.45) is 0 Å². The Balaban J connectivity index is 2.40. The van der Waals surface area contributed by atoms with Gasteiger partial charge >= 0.3 is 18.0 Å². The zero-order chi connectivity index (χ0) is 24.2. The molecular formula is C24H38N2O6. The predicted octanol–water partition coefficient (Wildman–Crippen LogP) is 3.72. The summed E-state index contributed by atoms with van der Waals surface area (Å²) in [5.74, 6) is -0.856. The highest BCUT2D eigenvalue weighted by molar-refractivity contribution is 5.78. The SMILES string of the molecule is CC(C)(C)OC(=O)CN[C@@H](CCCCNC(=O)OCc1ccccc1)C(=O)OC(C)(C)C. The number of benzene rings is 1. The van der Waals surface area contributed by atoms with E-state index in [-0.39, 0.29) is 13.2 Å². The van der Waals surface area contributed by atoms with Gasteiger partial charge in [0.25, 0.3) is 0 Å². The average molecular weight is 451 g/mol. The minimum absolute atomic E-state index is 0.0920. The number of nitrogens with one attached hydrogen (secondary N) is 2. The van der Waals surface area contributed by atoms with E-state index < -0.39 is 35.3 Å². The second-order valence-corrected chi connectivity index (χ2v) is 9.54. The largest absolute Gasteiger partial charge is 0.459 e. The standard InChI is InChI=1S/C24H38N2O6/c1-23(2,3)31-20(27)16-26-19(21(28)32-24(4,5)6)14-10-11-15-25-22(29)30-17-18-12-8-7-9-13-18/h7-9,12-13,19,26H,10-11,14-17H2,1-6H3,(H,25,29)/t19-/m0/s1. The number of unbranched alkanes of at least 4 members (excludes halogenated alkanes) is 1. The zero-order valence-corrected chi connectivity index (χ0v) is 20.2. The maximum absolute atomic E-state index is 12.5. The Labute approximate surface area is 191 Å². The molecule has 0 aromatic heterocycles. The Morgan fingerprint density at radius 3 is 2.12 bits per heavy atom. The Morgan fingerprint density at radius 1 is 0.906 bits per heavy atom. The lowest BCUT2D eigenvalue weighted by Gasteiger charge is -2.25. The normalized spacial score (nSPS) is 12.6. The van der Waals surface area contributed by atoms with Crippen molar-refractivity contribution in [2.75, 3.05) is 13.1 Å². The van der Waals surface area contributed by atoms with Crippen LogP contribution in [0.3, 0.4) is 0 Å². The van der Waals surface area contributed by atoms with E-state index in [1.165, 1.54) is 0 Å². The fourth-order valence-electron chi connectivity index (χ4n) is 2.70. The van der Waals surface area contributed by atoms with Crippen LogP contribution in [0, 0.1) is 0 Å². The van der Waals surface area contributed by atoms with Crippen molar-refractivity contribution >= 4 is 18.0 Å². The first-order chi connectivity index (χ1) is 14.9. The zero-order valence-electron chi connectivity index (χ0n) is 20.2. The third-order valence-electron chi connectivity index (χ3n) is 4.01. The first-order valence-corrected chi connectivity index (χ1v) is 11.0. The molecule has 0 bridgehead atoms. The average Bonchev–Trinajstić information content (AvgIpc) is 2.66. The molecule has 1 aromatic rings. The van der Waals surface area contributed by atoms with Crippen LogP contribution in [0.1, 0.15) is 66.4 Å². The lowest BCUT2D eigenvalue weighted by atomic mass is 10.1. The predicted molar refractivity (Wildman–Crippen MR) is 122 cm³/mol. The molecule has 1 atom stereocenters. The summed E-state index contributed by atoms with van der Waals surface area (Å²) in [5.41, 5.74) is -0.313. The first kappa shape index (κ1) is 27.4. The molecule has 1 rings (SSSR count). The topological polar surface area (TPSA) is 103 Å². The summed E-state index contributed by atoms with van der Waals surface area (Å²) >= 11 is 0. The maximum Gasteiger partial charge on any atom is 0.407 e. The number of carbonyl (C=O) groups is 3. The van der Waals surface area contributed by atoms with Crippen LogP contribution in [-0.4, -0.2) is 48.4 Å². The fraction of sp³-hybridized carbons (Fsp3) is 0.625. The van der Waals surface area contributed by atoms with Crippen molar-refractivity contribution < 1.29 is 28.6 Å². The van der Waals surface area contributed by atoms with Gasteiger partial charge in [0, 0.05) is 6.54 Å². The maximum atomic E-state index is 12.5.